The first-order chi connectivity index (χ1) is 13.2. The zero-order valence-corrected chi connectivity index (χ0v) is 15.2. The van der Waals surface area contributed by atoms with E-state index in [1.54, 1.807) is 42.6 Å². The predicted molar refractivity (Wildman–Crippen MR) is 107 cm³/mol. The lowest BCUT2D eigenvalue weighted by Gasteiger charge is -2.07. The van der Waals surface area contributed by atoms with E-state index in [1.165, 1.54) is 0 Å². The molecule has 0 aliphatic heterocycles. The van der Waals surface area contributed by atoms with E-state index >= 15 is 0 Å². The van der Waals surface area contributed by atoms with Crippen LogP contribution < -0.4 is 10.1 Å². The number of nitrogens with one attached hydrogen (secondary N) is 1. The van der Waals surface area contributed by atoms with Crippen molar-refractivity contribution in [2.24, 2.45) is 0 Å². The van der Waals surface area contributed by atoms with Gasteiger partial charge in [0.25, 0.3) is 0 Å². The van der Waals surface area contributed by atoms with Crippen LogP contribution in [0.25, 0.3) is 0 Å². The van der Waals surface area contributed by atoms with E-state index in [0.29, 0.717) is 29.3 Å². The molecule has 3 aromatic rings. The van der Waals surface area contributed by atoms with Crippen LogP contribution in [-0.4, -0.2) is 17.5 Å². The second-order valence-electron chi connectivity index (χ2n) is 5.61. The Morgan fingerprint density at radius 1 is 1.04 bits per heavy atom. The zero-order chi connectivity index (χ0) is 18.9. The van der Waals surface area contributed by atoms with Crippen molar-refractivity contribution in [3.8, 4) is 17.6 Å². The van der Waals surface area contributed by atoms with Crippen molar-refractivity contribution in [2.75, 3.05) is 11.9 Å². The molecular formula is C22H17ClN2O2. The molecule has 0 fully saturated rings. The molecule has 0 aliphatic carbocycles. The number of pyridine rings is 1. The number of carbonyl (C=O) groups is 1. The third kappa shape index (κ3) is 5.88. The number of esters is 1. The average molecular weight is 377 g/mol. The molecule has 2 aromatic carbocycles. The zero-order valence-electron chi connectivity index (χ0n) is 14.5. The monoisotopic (exact) mass is 376 g/mol. The van der Waals surface area contributed by atoms with Crippen molar-refractivity contribution in [1.82, 2.24) is 4.98 Å². The molecule has 3 rings (SSSR count). The summed E-state index contributed by atoms with van der Waals surface area (Å²) in [5, 5.41) is 3.86. The lowest BCUT2D eigenvalue weighted by atomic mass is 10.2. The van der Waals surface area contributed by atoms with Crippen LogP contribution in [-0.2, 0) is 0 Å². The molecule has 134 valence electrons. The Labute approximate surface area is 163 Å². The summed E-state index contributed by atoms with van der Waals surface area (Å²) in [7, 11) is 0. The Kier molecular flexibility index (Phi) is 6.45. The fourth-order valence-corrected chi connectivity index (χ4v) is 2.38. The van der Waals surface area contributed by atoms with Gasteiger partial charge in [-0.3, -0.25) is 0 Å². The van der Waals surface area contributed by atoms with Crippen LogP contribution in [0.2, 0.25) is 5.02 Å². The maximum atomic E-state index is 12.1. The van der Waals surface area contributed by atoms with Crippen molar-refractivity contribution in [1.29, 1.82) is 0 Å². The highest BCUT2D eigenvalue weighted by atomic mass is 35.5. The van der Waals surface area contributed by atoms with E-state index in [1.807, 2.05) is 30.3 Å². The molecule has 1 N–H and O–H groups in total. The van der Waals surface area contributed by atoms with Gasteiger partial charge in [-0.2, -0.15) is 0 Å². The minimum Gasteiger partial charge on any atom is -0.423 e. The standard InChI is InChI=1S/C22H17ClN2O2/c23-18-9-13-21(14-10-18)27-22(26)17-7-11-20(12-8-17)25-16-4-2-6-19-5-1-3-15-24-19/h1,3,5,7-15,25H,4,16H2. The SMILES string of the molecule is O=C(Oc1ccc(Cl)cc1)c1ccc(NCCC#Cc2ccccn2)cc1. The van der Waals surface area contributed by atoms with Gasteiger partial charge in [0.2, 0.25) is 0 Å². The molecule has 0 atom stereocenters. The third-order valence-electron chi connectivity index (χ3n) is 3.61. The summed E-state index contributed by atoms with van der Waals surface area (Å²) in [5.41, 5.74) is 2.16. The van der Waals surface area contributed by atoms with Gasteiger partial charge in [0.1, 0.15) is 11.4 Å². The van der Waals surface area contributed by atoms with Crippen LogP contribution in [0.3, 0.4) is 0 Å². The number of anilines is 1. The second-order valence-corrected chi connectivity index (χ2v) is 6.05. The normalized spacial score (nSPS) is 9.81. The fourth-order valence-electron chi connectivity index (χ4n) is 2.25. The summed E-state index contributed by atoms with van der Waals surface area (Å²) in [5.74, 6) is 6.13. The van der Waals surface area contributed by atoms with Crippen molar-refractivity contribution < 1.29 is 9.53 Å². The number of halogens is 1. The van der Waals surface area contributed by atoms with Gasteiger partial charge in [0.05, 0.1) is 5.56 Å². The Morgan fingerprint density at radius 2 is 1.81 bits per heavy atom. The lowest BCUT2D eigenvalue weighted by Crippen LogP contribution is -2.08. The first-order valence-electron chi connectivity index (χ1n) is 8.42. The van der Waals surface area contributed by atoms with Gasteiger partial charge in [-0.05, 0) is 66.6 Å². The van der Waals surface area contributed by atoms with Gasteiger partial charge in [-0.15, -0.1) is 0 Å². The Morgan fingerprint density at radius 3 is 2.52 bits per heavy atom. The number of hydrogen-bond acceptors (Lipinski definition) is 4. The molecule has 0 spiro atoms. The second kappa shape index (κ2) is 9.42. The van der Waals surface area contributed by atoms with E-state index in [4.69, 9.17) is 16.3 Å². The first-order valence-corrected chi connectivity index (χ1v) is 8.80. The van der Waals surface area contributed by atoms with E-state index in [0.717, 1.165) is 11.4 Å². The molecule has 5 heteroatoms. The highest BCUT2D eigenvalue weighted by molar-refractivity contribution is 6.30. The number of benzene rings is 2. The van der Waals surface area contributed by atoms with Gasteiger partial charge < -0.3 is 10.1 Å². The van der Waals surface area contributed by atoms with Crippen LogP contribution in [0.15, 0.2) is 72.9 Å². The van der Waals surface area contributed by atoms with Crippen LogP contribution in [0, 0.1) is 11.8 Å². The van der Waals surface area contributed by atoms with Gasteiger partial charge in [0, 0.05) is 29.9 Å². The number of rotatable bonds is 5. The van der Waals surface area contributed by atoms with E-state index < -0.39 is 5.97 Å². The maximum Gasteiger partial charge on any atom is 0.343 e. The Balaban J connectivity index is 1.47. The van der Waals surface area contributed by atoms with E-state index in [-0.39, 0.29) is 0 Å². The third-order valence-corrected chi connectivity index (χ3v) is 3.86. The molecule has 1 heterocycles. The summed E-state index contributed by atoms with van der Waals surface area (Å²) in [6.07, 6.45) is 2.42. The highest BCUT2D eigenvalue weighted by Crippen LogP contribution is 2.17. The predicted octanol–water partition coefficient (Wildman–Crippen LogP) is 4.81. The molecule has 0 radical (unpaired) electrons. The summed E-state index contributed by atoms with van der Waals surface area (Å²) in [6, 6.07) is 19.4. The summed E-state index contributed by atoms with van der Waals surface area (Å²) in [6.45, 7) is 0.703. The lowest BCUT2D eigenvalue weighted by molar-refractivity contribution is 0.0735. The smallest absolute Gasteiger partial charge is 0.343 e. The molecule has 0 saturated carbocycles. The number of ether oxygens (including phenoxy) is 1. The van der Waals surface area contributed by atoms with Crippen molar-refractivity contribution >= 4 is 23.3 Å². The van der Waals surface area contributed by atoms with Gasteiger partial charge in [-0.1, -0.05) is 23.6 Å². The summed E-state index contributed by atoms with van der Waals surface area (Å²) >= 11 is 5.82. The summed E-state index contributed by atoms with van der Waals surface area (Å²) < 4.78 is 5.31. The van der Waals surface area contributed by atoms with Crippen molar-refractivity contribution in [3.63, 3.8) is 0 Å². The number of carbonyl (C=O) groups excluding carboxylic acids is 1. The summed E-state index contributed by atoms with van der Waals surface area (Å²) in [4.78, 5) is 16.3. The molecule has 27 heavy (non-hydrogen) atoms. The number of hydrogen-bond donors (Lipinski definition) is 1. The minimum atomic E-state index is -0.412. The molecule has 0 amide bonds. The molecule has 1 aromatic heterocycles. The quantitative estimate of drug-likeness (QED) is 0.300. The van der Waals surface area contributed by atoms with Crippen molar-refractivity contribution in [2.45, 2.75) is 6.42 Å². The molecule has 0 unspecified atom stereocenters. The van der Waals surface area contributed by atoms with Gasteiger partial charge in [0.15, 0.2) is 0 Å². The molecule has 0 saturated heterocycles. The largest absolute Gasteiger partial charge is 0.423 e. The van der Waals surface area contributed by atoms with E-state index in [2.05, 4.69) is 22.1 Å². The van der Waals surface area contributed by atoms with E-state index in [9.17, 15) is 4.79 Å². The first kappa shape index (κ1) is 18.5. The van der Waals surface area contributed by atoms with Crippen LogP contribution >= 0.6 is 11.6 Å². The van der Waals surface area contributed by atoms with Crippen LogP contribution in [0.4, 0.5) is 5.69 Å². The molecule has 4 nitrogen and oxygen atoms in total. The van der Waals surface area contributed by atoms with Gasteiger partial charge >= 0.3 is 5.97 Å². The van der Waals surface area contributed by atoms with Crippen LogP contribution in [0.5, 0.6) is 5.75 Å². The maximum absolute atomic E-state index is 12.1. The Bertz CT molecular complexity index is 944. The van der Waals surface area contributed by atoms with Crippen molar-refractivity contribution in [3.05, 3.63) is 89.2 Å². The molecule has 0 bridgehead atoms. The molecule has 0 aliphatic rings. The van der Waals surface area contributed by atoms with Crippen LogP contribution in [0.1, 0.15) is 22.5 Å². The molecular weight excluding hydrogens is 360 g/mol. The Hall–Kier alpha value is -3.29. The minimum absolute atomic E-state index is 0.412. The fraction of sp³-hybridized carbons (Fsp3) is 0.0909. The van der Waals surface area contributed by atoms with Gasteiger partial charge in [-0.25, -0.2) is 9.78 Å². The number of aromatic nitrogens is 1. The topological polar surface area (TPSA) is 51.2 Å². The highest BCUT2D eigenvalue weighted by Gasteiger charge is 2.08. The number of nitrogens with zero attached hydrogens (tertiary/aromatic N) is 1. The average Bonchev–Trinajstić information content (AvgIpc) is 2.71.